The second-order valence-electron chi connectivity index (χ2n) is 6.03. The minimum Gasteiger partial charge on any atom is -0.543 e. The van der Waals surface area contributed by atoms with Crippen LogP contribution in [0.5, 0.6) is 11.5 Å². The quantitative estimate of drug-likeness (QED) is 0.760. The van der Waals surface area contributed by atoms with Crippen molar-refractivity contribution in [2.24, 2.45) is 0 Å². The van der Waals surface area contributed by atoms with E-state index in [0.717, 1.165) is 11.3 Å². The summed E-state index contributed by atoms with van der Waals surface area (Å²) >= 11 is 0. The Hall–Kier alpha value is -1.00. The molecule has 1 rings (SSSR count). The molecule has 0 aliphatic heterocycles. The summed E-state index contributed by atoms with van der Waals surface area (Å²) in [6.45, 7) is 13.9. The first-order valence-corrected chi connectivity index (χ1v) is 9.28. The van der Waals surface area contributed by atoms with E-state index in [2.05, 4.69) is 40.5 Å². The maximum absolute atomic E-state index is 6.23. The van der Waals surface area contributed by atoms with E-state index in [1.54, 1.807) is 14.2 Å². The summed E-state index contributed by atoms with van der Waals surface area (Å²) in [7, 11) is 1.38. The third-order valence-electron chi connectivity index (χ3n) is 3.56. The monoisotopic (exact) mass is 280 g/mol. The molecule has 1 aromatic carbocycles. The van der Waals surface area contributed by atoms with Gasteiger partial charge in [0.1, 0.15) is 11.5 Å². The van der Waals surface area contributed by atoms with Gasteiger partial charge in [-0.3, -0.25) is 0 Å². The fourth-order valence-electron chi connectivity index (χ4n) is 1.38. The van der Waals surface area contributed by atoms with E-state index in [1.165, 1.54) is 0 Å². The number of benzene rings is 1. The third-order valence-corrected chi connectivity index (χ3v) is 7.92. The van der Waals surface area contributed by atoms with Crippen molar-refractivity contribution < 1.29 is 13.9 Å². The molecule has 0 aromatic heterocycles. The molecule has 0 unspecified atom stereocenters. The molecule has 4 heteroatoms. The predicted molar refractivity (Wildman–Crippen MR) is 80.2 cm³/mol. The number of ether oxygens (including phenoxy) is 2. The summed E-state index contributed by atoms with van der Waals surface area (Å²) in [5.74, 6) is 1.54. The van der Waals surface area contributed by atoms with Crippen molar-refractivity contribution in [2.75, 3.05) is 14.2 Å². The first-order valence-electron chi connectivity index (χ1n) is 6.37. The largest absolute Gasteiger partial charge is 0.543 e. The van der Waals surface area contributed by atoms with E-state index >= 15 is 0 Å². The van der Waals surface area contributed by atoms with Crippen molar-refractivity contribution in [2.45, 2.75) is 38.9 Å². The molecule has 0 aliphatic carbocycles. The van der Waals surface area contributed by atoms with E-state index in [9.17, 15) is 0 Å². The van der Waals surface area contributed by atoms with E-state index in [-0.39, 0.29) is 5.04 Å². The normalized spacial score (nSPS) is 12.4. The molecule has 0 saturated carbocycles. The van der Waals surface area contributed by atoms with Gasteiger partial charge in [-0.2, -0.15) is 0 Å². The average Bonchev–Trinajstić information content (AvgIpc) is 2.29. The zero-order valence-corrected chi connectivity index (χ0v) is 14.0. The van der Waals surface area contributed by atoms with Gasteiger partial charge in [-0.1, -0.05) is 20.8 Å². The molecule has 106 valence electrons. The van der Waals surface area contributed by atoms with E-state index in [1.807, 2.05) is 18.2 Å². The van der Waals surface area contributed by atoms with Crippen LogP contribution in [0.3, 0.4) is 0 Å². The lowest BCUT2D eigenvalue weighted by Crippen LogP contribution is -2.43. The Morgan fingerprint density at radius 1 is 1.11 bits per heavy atom. The molecule has 1 aromatic rings. The minimum absolute atomic E-state index is 0.170. The van der Waals surface area contributed by atoms with E-state index in [4.69, 9.17) is 13.9 Å². The van der Waals surface area contributed by atoms with Crippen LogP contribution in [0, 0.1) is 6.61 Å². The molecule has 0 heterocycles. The molecular weight excluding hydrogens is 256 g/mol. The standard InChI is InChI=1S/C15H24O3Si/c1-15(2,3)19(6,7)18-13-9-8-12(11-16-4)14(10-13)17-5/h8-10H,1-7H3. The van der Waals surface area contributed by atoms with Gasteiger partial charge in [0.15, 0.2) is 6.61 Å². The van der Waals surface area contributed by atoms with Crippen molar-refractivity contribution in [1.29, 1.82) is 0 Å². The van der Waals surface area contributed by atoms with E-state index in [0.29, 0.717) is 5.75 Å². The fraction of sp³-hybridized carbons (Fsp3) is 0.533. The molecule has 3 nitrogen and oxygen atoms in total. The van der Waals surface area contributed by atoms with Crippen LogP contribution in [0.4, 0.5) is 0 Å². The summed E-state index contributed by atoms with van der Waals surface area (Å²) in [6.07, 6.45) is 0. The third kappa shape index (κ3) is 3.98. The van der Waals surface area contributed by atoms with Crippen LogP contribution in [-0.4, -0.2) is 22.5 Å². The van der Waals surface area contributed by atoms with Gasteiger partial charge in [0.05, 0.1) is 7.11 Å². The molecule has 0 amide bonds. The smallest absolute Gasteiger partial charge is 0.250 e. The Labute approximate surface area is 118 Å². The fourth-order valence-corrected chi connectivity index (χ4v) is 2.40. The highest BCUT2D eigenvalue weighted by Gasteiger charge is 2.39. The summed E-state index contributed by atoms with van der Waals surface area (Å²) in [5.41, 5.74) is 0.785. The maximum Gasteiger partial charge on any atom is 0.250 e. The number of hydrogen-bond acceptors (Lipinski definition) is 3. The van der Waals surface area contributed by atoms with Crippen LogP contribution in [0.25, 0.3) is 0 Å². The molecule has 0 aliphatic rings. The molecular formula is C15H24O3Si. The van der Waals surface area contributed by atoms with Crippen LogP contribution in [0.1, 0.15) is 26.3 Å². The topological polar surface area (TPSA) is 27.7 Å². The SMILES string of the molecule is CO[C]c1ccc(O[Si](C)(C)C(C)(C)C)cc1OC. The zero-order chi connectivity index (χ0) is 14.7. The van der Waals surface area contributed by atoms with Gasteiger partial charge < -0.3 is 13.9 Å². The molecule has 19 heavy (non-hydrogen) atoms. The Morgan fingerprint density at radius 2 is 1.74 bits per heavy atom. The van der Waals surface area contributed by atoms with Gasteiger partial charge >= 0.3 is 0 Å². The summed E-state index contributed by atoms with van der Waals surface area (Å²) in [6, 6.07) is 5.72. The van der Waals surface area contributed by atoms with Gasteiger partial charge in [-0.15, -0.1) is 0 Å². The Morgan fingerprint density at radius 3 is 2.21 bits per heavy atom. The second-order valence-corrected chi connectivity index (χ2v) is 10.8. The van der Waals surface area contributed by atoms with Crippen LogP contribution >= 0.6 is 0 Å². The van der Waals surface area contributed by atoms with Crippen molar-refractivity contribution >= 4 is 8.32 Å². The van der Waals surface area contributed by atoms with Crippen molar-refractivity contribution in [3.63, 3.8) is 0 Å². The number of rotatable bonds is 5. The minimum atomic E-state index is -1.82. The molecule has 0 atom stereocenters. The first-order chi connectivity index (χ1) is 8.71. The Bertz CT molecular complexity index is 422. The van der Waals surface area contributed by atoms with Crippen LogP contribution in [-0.2, 0) is 4.74 Å². The molecule has 0 fully saturated rings. The molecule has 0 N–H and O–H groups in total. The summed E-state index contributed by atoms with van der Waals surface area (Å²) in [4.78, 5) is 0. The highest BCUT2D eigenvalue weighted by atomic mass is 28.4. The number of methoxy groups -OCH3 is 2. The maximum atomic E-state index is 6.23. The first kappa shape index (κ1) is 16.1. The van der Waals surface area contributed by atoms with Gasteiger partial charge in [-0.25, -0.2) is 0 Å². The Kier molecular flexibility index (Phi) is 5.04. The average molecular weight is 280 g/mol. The van der Waals surface area contributed by atoms with Gasteiger partial charge in [0.2, 0.25) is 8.32 Å². The molecule has 0 spiro atoms. The van der Waals surface area contributed by atoms with Crippen LogP contribution < -0.4 is 9.16 Å². The lowest BCUT2D eigenvalue weighted by atomic mass is 10.2. The molecule has 2 radical (unpaired) electrons. The van der Waals surface area contributed by atoms with Gasteiger partial charge in [0, 0.05) is 18.7 Å². The Balaban J connectivity index is 2.98. The lowest BCUT2D eigenvalue weighted by molar-refractivity contribution is 0.287. The second kappa shape index (κ2) is 5.97. The molecule has 0 saturated heterocycles. The van der Waals surface area contributed by atoms with Crippen molar-refractivity contribution in [3.8, 4) is 11.5 Å². The van der Waals surface area contributed by atoms with E-state index < -0.39 is 8.32 Å². The predicted octanol–water partition coefficient (Wildman–Crippen LogP) is 4.11. The van der Waals surface area contributed by atoms with Crippen molar-refractivity contribution in [1.82, 2.24) is 0 Å². The highest BCUT2D eigenvalue weighted by Crippen LogP contribution is 2.38. The zero-order valence-electron chi connectivity index (χ0n) is 13.0. The lowest BCUT2D eigenvalue weighted by Gasteiger charge is -2.36. The van der Waals surface area contributed by atoms with Crippen LogP contribution in [0.15, 0.2) is 18.2 Å². The van der Waals surface area contributed by atoms with Gasteiger partial charge in [0.25, 0.3) is 0 Å². The number of hydrogen-bond donors (Lipinski definition) is 0. The van der Waals surface area contributed by atoms with Crippen molar-refractivity contribution in [3.05, 3.63) is 30.4 Å². The van der Waals surface area contributed by atoms with Crippen LogP contribution in [0.2, 0.25) is 18.1 Å². The summed E-state index contributed by atoms with van der Waals surface area (Å²) in [5, 5.41) is 0.170. The molecule has 0 bridgehead atoms. The highest BCUT2D eigenvalue weighted by molar-refractivity contribution is 6.74. The summed E-state index contributed by atoms with van der Waals surface area (Å²) < 4.78 is 16.5. The van der Waals surface area contributed by atoms with Gasteiger partial charge in [-0.05, 0) is 30.3 Å².